The van der Waals surface area contributed by atoms with Crippen LogP contribution in [-0.4, -0.2) is 24.1 Å². The van der Waals surface area contributed by atoms with Crippen LogP contribution in [0, 0.1) is 0 Å². The van der Waals surface area contributed by atoms with Crippen molar-refractivity contribution in [2.45, 2.75) is 12.5 Å². The first-order valence-electron chi connectivity index (χ1n) is 5.49. The lowest BCUT2D eigenvalue weighted by molar-refractivity contribution is -0.138. The van der Waals surface area contributed by atoms with Gasteiger partial charge in [0.05, 0.1) is 13.2 Å². The average molecular weight is 247 g/mol. The summed E-state index contributed by atoms with van der Waals surface area (Å²) in [6, 6.07) is 8.93. The zero-order valence-electron chi connectivity index (χ0n) is 9.84. The summed E-state index contributed by atoms with van der Waals surface area (Å²) in [4.78, 5) is 23.1. The van der Waals surface area contributed by atoms with Crippen molar-refractivity contribution in [3.63, 3.8) is 0 Å². The first kappa shape index (κ1) is 12.2. The van der Waals surface area contributed by atoms with E-state index >= 15 is 0 Å². The Morgan fingerprint density at radius 3 is 2.61 bits per heavy atom. The van der Waals surface area contributed by atoms with Gasteiger partial charge in [-0.05, 0) is 5.56 Å². The van der Waals surface area contributed by atoms with Gasteiger partial charge in [0, 0.05) is 6.42 Å². The van der Waals surface area contributed by atoms with Gasteiger partial charge in [-0.1, -0.05) is 30.3 Å². The molecule has 0 unspecified atom stereocenters. The molecule has 2 N–H and O–H groups in total. The molecule has 1 amide bonds. The van der Waals surface area contributed by atoms with Crippen LogP contribution in [0.5, 0.6) is 0 Å². The van der Waals surface area contributed by atoms with Crippen LogP contribution in [0.25, 0.3) is 0 Å². The fourth-order valence-corrected chi connectivity index (χ4v) is 1.91. The van der Waals surface area contributed by atoms with Crippen molar-refractivity contribution in [3.05, 3.63) is 47.2 Å². The number of aliphatic hydroxyl groups is 1. The fourth-order valence-electron chi connectivity index (χ4n) is 1.91. The lowest BCUT2D eigenvalue weighted by Gasteiger charge is -2.24. The molecule has 2 rings (SSSR count). The number of carbonyl (C=O) groups is 2. The maximum Gasteiger partial charge on any atom is 0.346 e. The number of nitrogens with one attached hydrogen (secondary N) is 1. The molecule has 1 atom stereocenters. The smallest absolute Gasteiger partial charge is 0.346 e. The van der Waals surface area contributed by atoms with Crippen molar-refractivity contribution in [3.8, 4) is 0 Å². The molecule has 5 nitrogen and oxygen atoms in total. The summed E-state index contributed by atoms with van der Waals surface area (Å²) in [6.45, 7) is 0. The number of hydrogen-bond acceptors (Lipinski definition) is 4. The van der Waals surface area contributed by atoms with Gasteiger partial charge in [0.2, 0.25) is 0 Å². The quantitative estimate of drug-likeness (QED) is 0.609. The van der Waals surface area contributed by atoms with Crippen LogP contribution in [0.15, 0.2) is 41.7 Å². The van der Waals surface area contributed by atoms with E-state index in [1.807, 2.05) is 30.3 Å². The van der Waals surface area contributed by atoms with Gasteiger partial charge < -0.3 is 15.2 Å². The summed E-state index contributed by atoms with van der Waals surface area (Å²) in [5.41, 5.74) is 0.561. The monoisotopic (exact) mass is 247 g/mol. The van der Waals surface area contributed by atoms with Crippen LogP contribution < -0.4 is 5.32 Å². The van der Waals surface area contributed by atoms with E-state index in [-0.39, 0.29) is 23.8 Å². The van der Waals surface area contributed by atoms with Crippen LogP contribution in [0.1, 0.15) is 18.0 Å². The second-order valence-corrected chi connectivity index (χ2v) is 3.95. The van der Waals surface area contributed by atoms with Crippen molar-refractivity contribution in [1.29, 1.82) is 0 Å². The second kappa shape index (κ2) is 4.91. The number of methoxy groups -OCH3 is 1. The van der Waals surface area contributed by atoms with E-state index in [0.29, 0.717) is 0 Å². The predicted octanol–water partition coefficient (Wildman–Crippen LogP) is 1.23. The third-order valence-electron chi connectivity index (χ3n) is 2.81. The minimum absolute atomic E-state index is 0.181. The van der Waals surface area contributed by atoms with E-state index in [0.717, 1.165) is 5.56 Å². The van der Waals surface area contributed by atoms with Gasteiger partial charge in [-0.15, -0.1) is 0 Å². The molecule has 1 aromatic carbocycles. The molecule has 0 aliphatic carbocycles. The molecule has 0 bridgehead atoms. The second-order valence-electron chi connectivity index (χ2n) is 3.95. The normalized spacial score (nSPS) is 19.4. The minimum atomic E-state index is -0.823. The first-order valence-corrected chi connectivity index (χ1v) is 5.49. The lowest BCUT2D eigenvalue weighted by Crippen LogP contribution is -2.37. The molecule has 94 valence electrons. The maximum absolute atomic E-state index is 11.8. The van der Waals surface area contributed by atoms with E-state index < -0.39 is 11.9 Å². The van der Waals surface area contributed by atoms with Gasteiger partial charge >= 0.3 is 5.97 Å². The van der Waals surface area contributed by atoms with Crippen molar-refractivity contribution >= 4 is 11.9 Å². The van der Waals surface area contributed by atoms with Crippen molar-refractivity contribution in [2.24, 2.45) is 0 Å². The van der Waals surface area contributed by atoms with E-state index in [4.69, 9.17) is 0 Å². The van der Waals surface area contributed by atoms with E-state index in [2.05, 4.69) is 10.1 Å². The van der Waals surface area contributed by atoms with Crippen LogP contribution in [-0.2, 0) is 14.3 Å². The third kappa shape index (κ3) is 2.20. The van der Waals surface area contributed by atoms with Gasteiger partial charge in [-0.3, -0.25) is 4.79 Å². The molecule has 5 heteroatoms. The van der Waals surface area contributed by atoms with Gasteiger partial charge in [0.25, 0.3) is 5.91 Å². The van der Waals surface area contributed by atoms with Crippen LogP contribution in [0.3, 0.4) is 0 Å². The minimum Gasteiger partial charge on any atom is -0.511 e. The largest absolute Gasteiger partial charge is 0.511 e. The molecule has 0 saturated carbocycles. The molecule has 1 heterocycles. The Kier molecular flexibility index (Phi) is 3.32. The molecule has 0 saturated heterocycles. The van der Waals surface area contributed by atoms with Crippen LogP contribution >= 0.6 is 0 Å². The van der Waals surface area contributed by atoms with Gasteiger partial charge in [0.1, 0.15) is 5.76 Å². The Hall–Kier alpha value is -2.30. The zero-order valence-corrected chi connectivity index (χ0v) is 9.84. The van der Waals surface area contributed by atoms with Crippen molar-refractivity contribution < 1.29 is 19.4 Å². The predicted molar refractivity (Wildman–Crippen MR) is 63.6 cm³/mol. The molecule has 18 heavy (non-hydrogen) atoms. The van der Waals surface area contributed by atoms with Crippen LogP contribution in [0.4, 0.5) is 0 Å². The average Bonchev–Trinajstić information content (AvgIpc) is 2.38. The third-order valence-corrected chi connectivity index (χ3v) is 2.81. The van der Waals surface area contributed by atoms with Crippen LogP contribution in [0.2, 0.25) is 0 Å². The molecular formula is C13H13NO4. The number of hydrogen-bond donors (Lipinski definition) is 2. The van der Waals surface area contributed by atoms with Crippen molar-refractivity contribution in [1.82, 2.24) is 5.32 Å². The molecule has 0 spiro atoms. The summed E-state index contributed by atoms with van der Waals surface area (Å²) in [5.74, 6) is -1.67. The molecule has 1 aliphatic rings. The standard InChI is InChI=1S/C13H13NO4/c1-18-13(17)11-10(15)7-9(14-12(11)16)8-5-3-2-4-6-8/h2-6,9,15H,7H2,1H3,(H,14,16)/t9-/m1/s1. The molecule has 0 fully saturated rings. The number of rotatable bonds is 2. The highest BCUT2D eigenvalue weighted by Crippen LogP contribution is 2.26. The Morgan fingerprint density at radius 2 is 2.06 bits per heavy atom. The molecule has 1 aliphatic heterocycles. The van der Waals surface area contributed by atoms with Gasteiger partial charge in [0.15, 0.2) is 5.57 Å². The Morgan fingerprint density at radius 1 is 1.39 bits per heavy atom. The summed E-state index contributed by atoms with van der Waals surface area (Å²) < 4.78 is 4.45. The molecular weight excluding hydrogens is 234 g/mol. The maximum atomic E-state index is 11.8. The number of ether oxygens (including phenoxy) is 1. The molecule has 0 radical (unpaired) electrons. The fraction of sp³-hybridized carbons (Fsp3) is 0.231. The highest BCUT2D eigenvalue weighted by atomic mass is 16.5. The summed E-state index contributed by atoms with van der Waals surface area (Å²) in [5, 5.41) is 12.5. The Balaban J connectivity index is 2.28. The summed E-state index contributed by atoms with van der Waals surface area (Å²) >= 11 is 0. The lowest BCUT2D eigenvalue weighted by atomic mass is 9.96. The van der Waals surface area contributed by atoms with E-state index in [1.165, 1.54) is 7.11 Å². The molecule has 0 aromatic heterocycles. The SMILES string of the molecule is COC(=O)C1=C(O)C[C@H](c2ccccc2)NC1=O. The highest BCUT2D eigenvalue weighted by Gasteiger charge is 2.32. The summed E-state index contributed by atoms with van der Waals surface area (Å²) in [6.07, 6.45) is 0.181. The highest BCUT2D eigenvalue weighted by molar-refractivity contribution is 6.17. The van der Waals surface area contributed by atoms with Gasteiger partial charge in [-0.25, -0.2) is 4.79 Å². The first-order chi connectivity index (χ1) is 8.63. The van der Waals surface area contributed by atoms with E-state index in [9.17, 15) is 14.7 Å². The van der Waals surface area contributed by atoms with Crippen molar-refractivity contribution in [2.75, 3.05) is 7.11 Å². The topological polar surface area (TPSA) is 75.6 Å². The van der Waals surface area contributed by atoms with Gasteiger partial charge in [-0.2, -0.15) is 0 Å². The number of benzene rings is 1. The molecule has 1 aromatic rings. The van der Waals surface area contributed by atoms with E-state index in [1.54, 1.807) is 0 Å². The number of aliphatic hydroxyl groups excluding tert-OH is 1. The summed E-state index contributed by atoms with van der Waals surface area (Å²) in [7, 11) is 1.17. The Bertz CT molecular complexity index is 507. The number of carbonyl (C=O) groups excluding carboxylic acids is 2. The number of amides is 1. The zero-order chi connectivity index (χ0) is 13.1. The Labute approximate surface area is 104 Å². The number of esters is 1.